The number of benzene rings is 1. The Morgan fingerprint density at radius 2 is 1.83 bits per heavy atom. The topological polar surface area (TPSA) is 113 Å². The molecule has 0 aromatic heterocycles. The minimum Gasteiger partial charge on any atom is -0.480 e. The molecule has 1 aromatic rings. The Hall–Kier alpha value is -2.00. The number of aliphatic carboxylic acids is 1. The second kappa shape index (κ2) is 8.74. The fourth-order valence-corrected chi connectivity index (χ4v) is 2.96. The Morgan fingerprint density at radius 1 is 1.25 bits per heavy atom. The molecule has 0 saturated carbocycles. The zero-order valence-corrected chi connectivity index (χ0v) is 14.3. The third-order valence-electron chi connectivity index (χ3n) is 3.56. The van der Waals surface area contributed by atoms with E-state index in [1.807, 2.05) is 6.92 Å². The predicted octanol–water partition coefficient (Wildman–Crippen LogP) is 1.11. The molecule has 2 atom stereocenters. The van der Waals surface area contributed by atoms with Gasteiger partial charge in [0.25, 0.3) is 0 Å². The average molecular weight is 360 g/mol. The van der Waals surface area contributed by atoms with Crippen LogP contribution in [0.25, 0.3) is 0 Å². The van der Waals surface area contributed by atoms with Crippen molar-refractivity contribution >= 4 is 21.9 Å². The van der Waals surface area contributed by atoms with E-state index in [4.69, 9.17) is 5.11 Å². The summed E-state index contributed by atoms with van der Waals surface area (Å²) in [7, 11) is -3.85. The van der Waals surface area contributed by atoms with E-state index in [1.54, 1.807) is 6.92 Å². The SMILES string of the molecule is CCC(C)C(NC(=O)CCNS(=O)(=O)c1ccc(F)cc1)C(=O)O. The van der Waals surface area contributed by atoms with Crippen LogP contribution in [0.2, 0.25) is 0 Å². The number of hydrogen-bond acceptors (Lipinski definition) is 4. The van der Waals surface area contributed by atoms with Gasteiger partial charge in [-0.05, 0) is 30.2 Å². The molecule has 0 spiro atoms. The molecule has 2 unspecified atom stereocenters. The van der Waals surface area contributed by atoms with Crippen LogP contribution in [0.3, 0.4) is 0 Å². The molecule has 1 amide bonds. The number of amides is 1. The van der Waals surface area contributed by atoms with Crippen molar-refractivity contribution in [3.05, 3.63) is 30.1 Å². The lowest BCUT2D eigenvalue weighted by molar-refractivity contribution is -0.143. The Kier molecular flexibility index (Phi) is 7.30. The van der Waals surface area contributed by atoms with Crippen LogP contribution in [0, 0.1) is 11.7 Å². The zero-order valence-electron chi connectivity index (χ0n) is 13.5. The van der Waals surface area contributed by atoms with Crippen LogP contribution in [0.5, 0.6) is 0 Å². The average Bonchev–Trinajstić information content (AvgIpc) is 2.51. The third kappa shape index (κ3) is 5.89. The van der Waals surface area contributed by atoms with Crippen LogP contribution in [0.4, 0.5) is 4.39 Å². The van der Waals surface area contributed by atoms with E-state index in [2.05, 4.69) is 10.0 Å². The van der Waals surface area contributed by atoms with Gasteiger partial charge in [-0.3, -0.25) is 4.79 Å². The fourth-order valence-electron chi connectivity index (χ4n) is 1.92. The van der Waals surface area contributed by atoms with Crippen LogP contribution in [-0.2, 0) is 19.6 Å². The number of nitrogens with one attached hydrogen (secondary N) is 2. The second-order valence-corrected chi connectivity index (χ2v) is 7.14. The normalized spacial score (nSPS) is 14.0. The van der Waals surface area contributed by atoms with Gasteiger partial charge in [0.15, 0.2) is 0 Å². The first kappa shape index (κ1) is 20.0. The molecule has 0 aliphatic heterocycles. The summed E-state index contributed by atoms with van der Waals surface area (Å²) in [4.78, 5) is 22.8. The minimum absolute atomic E-state index is 0.118. The number of halogens is 1. The highest BCUT2D eigenvalue weighted by Gasteiger charge is 2.25. The van der Waals surface area contributed by atoms with Gasteiger partial charge in [0.2, 0.25) is 15.9 Å². The van der Waals surface area contributed by atoms with Crippen LogP contribution in [-0.4, -0.2) is 38.0 Å². The number of carboxylic acid groups (broad SMARTS) is 1. The number of carboxylic acids is 1. The molecule has 3 N–H and O–H groups in total. The van der Waals surface area contributed by atoms with E-state index in [1.165, 1.54) is 0 Å². The molecule has 0 aliphatic rings. The molecule has 9 heteroatoms. The van der Waals surface area contributed by atoms with Crippen molar-refractivity contribution in [2.75, 3.05) is 6.54 Å². The summed E-state index contributed by atoms with van der Waals surface area (Å²) in [5.74, 6) is -2.51. The van der Waals surface area contributed by atoms with Gasteiger partial charge in [0.1, 0.15) is 11.9 Å². The fraction of sp³-hybridized carbons (Fsp3) is 0.467. The molecule has 0 fully saturated rings. The maximum Gasteiger partial charge on any atom is 0.326 e. The minimum atomic E-state index is -3.85. The second-order valence-electron chi connectivity index (χ2n) is 5.37. The van der Waals surface area contributed by atoms with E-state index in [-0.39, 0.29) is 23.8 Å². The summed E-state index contributed by atoms with van der Waals surface area (Å²) in [6.07, 6.45) is 0.370. The van der Waals surface area contributed by atoms with Gasteiger partial charge in [-0.25, -0.2) is 22.3 Å². The summed E-state index contributed by atoms with van der Waals surface area (Å²) < 4.78 is 38.9. The maximum atomic E-state index is 12.8. The van der Waals surface area contributed by atoms with Gasteiger partial charge >= 0.3 is 5.97 Å². The number of rotatable bonds is 9. The molecular weight excluding hydrogens is 339 g/mol. The Bertz CT molecular complexity index is 676. The van der Waals surface area contributed by atoms with Gasteiger partial charge < -0.3 is 10.4 Å². The van der Waals surface area contributed by atoms with Gasteiger partial charge in [0, 0.05) is 13.0 Å². The van der Waals surface area contributed by atoms with Gasteiger partial charge in [0.05, 0.1) is 4.90 Å². The summed E-state index contributed by atoms with van der Waals surface area (Å²) in [5, 5.41) is 11.5. The Morgan fingerprint density at radius 3 is 2.33 bits per heavy atom. The highest BCUT2D eigenvalue weighted by atomic mass is 32.2. The highest BCUT2D eigenvalue weighted by molar-refractivity contribution is 7.89. The van der Waals surface area contributed by atoms with Crippen LogP contribution < -0.4 is 10.0 Å². The molecule has 1 rings (SSSR count). The lowest BCUT2D eigenvalue weighted by atomic mass is 9.99. The summed E-state index contributed by atoms with van der Waals surface area (Å²) in [6, 6.07) is 3.24. The first-order valence-electron chi connectivity index (χ1n) is 7.44. The van der Waals surface area contributed by atoms with E-state index in [0.29, 0.717) is 6.42 Å². The standard InChI is InChI=1S/C15H21FN2O5S/c1-3-10(2)14(15(20)21)18-13(19)8-9-17-24(22,23)12-6-4-11(16)5-7-12/h4-7,10,14,17H,3,8-9H2,1-2H3,(H,18,19)(H,20,21). The van der Waals surface area contributed by atoms with E-state index >= 15 is 0 Å². The van der Waals surface area contributed by atoms with Crippen LogP contribution >= 0.6 is 0 Å². The number of carbonyl (C=O) groups is 2. The van der Waals surface area contributed by atoms with Crippen molar-refractivity contribution in [3.63, 3.8) is 0 Å². The molecule has 0 bridgehead atoms. The number of sulfonamides is 1. The molecule has 134 valence electrons. The van der Waals surface area contributed by atoms with Crippen molar-refractivity contribution in [1.29, 1.82) is 0 Å². The molecule has 0 radical (unpaired) electrons. The first-order chi connectivity index (χ1) is 11.2. The molecule has 0 aliphatic carbocycles. The third-order valence-corrected chi connectivity index (χ3v) is 5.04. The molecular formula is C15H21FN2O5S. The summed E-state index contributed by atoms with van der Waals surface area (Å²) in [6.45, 7) is 3.32. The summed E-state index contributed by atoms with van der Waals surface area (Å²) in [5.41, 5.74) is 0. The number of carbonyl (C=O) groups excluding carboxylic acids is 1. The van der Waals surface area contributed by atoms with Crippen LogP contribution in [0.15, 0.2) is 29.2 Å². The van der Waals surface area contributed by atoms with E-state index in [0.717, 1.165) is 24.3 Å². The van der Waals surface area contributed by atoms with Crippen molar-refractivity contribution in [2.45, 2.75) is 37.6 Å². The molecule has 24 heavy (non-hydrogen) atoms. The monoisotopic (exact) mass is 360 g/mol. The molecule has 0 saturated heterocycles. The maximum absolute atomic E-state index is 12.8. The van der Waals surface area contributed by atoms with Crippen molar-refractivity contribution in [2.24, 2.45) is 5.92 Å². The van der Waals surface area contributed by atoms with Crippen molar-refractivity contribution < 1.29 is 27.5 Å². The van der Waals surface area contributed by atoms with E-state index in [9.17, 15) is 22.4 Å². The quantitative estimate of drug-likeness (QED) is 0.611. The van der Waals surface area contributed by atoms with E-state index < -0.39 is 33.8 Å². The van der Waals surface area contributed by atoms with Crippen LogP contribution in [0.1, 0.15) is 26.7 Å². The summed E-state index contributed by atoms with van der Waals surface area (Å²) >= 11 is 0. The Labute approximate surface area is 140 Å². The number of hydrogen-bond donors (Lipinski definition) is 3. The molecule has 7 nitrogen and oxygen atoms in total. The predicted molar refractivity (Wildman–Crippen MR) is 85.2 cm³/mol. The highest BCUT2D eigenvalue weighted by Crippen LogP contribution is 2.10. The van der Waals surface area contributed by atoms with Gasteiger partial charge in [-0.1, -0.05) is 20.3 Å². The lowest BCUT2D eigenvalue weighted by Gasteiger charge is -2.20. The smallest absolute Gasteiger partial charge is 0.326 e. The molecule has 0 heterocycles. The van der Waals surface area contributed by atoms with Crippen molar-refractivity contribution in [1.82, 2.24) is 10.0 Å². The lowest BCUT2D eigenvalue weighted by Crippen LogP contribution is -2.45. The van der Waals surface area contributed by atoms with Crippen molar-refractivity contribution in [3.8, 4) is 0 Å². The zero-order chi connectivity index (χ0) is 18.3. The Balaban J connectivity index is 2.55. The molecule has 1 aromatic carbocycles. The van der Waals surface area contributed by atoms with Gasteiger partial charge in [-0.2, -0.15) is 0 Å². The first-order valence-corrected chi connectivity index (χ1v) is 8.93. The van der Waals surface area contributed by atoms with Gasteiger partial charge in [-0.15, -0.1) is 0 Å². The largest absolute Gasteiger partial charge is 0.480 e.